The normalized spacial score (nSPS) is 17.9. The maximum Gasteiger partial charge on any atom is 0.516 e. The Bertz CT molecular complexity index is 924. The van der Waals surface area contributed by atoms with Crippen LogP contribution in [-0.2, 0) is 10.0 Å². The Morgan fingerprint density at radius 3 is 2.27 bits per heavy atom. The summed E-state index contributed by atoms with van der Waals surface area (Å²) < 4.78 is 69.5. The average molecular weight is 383 g/mol. The molecule has 0 aliphatic carbocycles. The fraction of sp³-hybridized carbons (Fsp3) is 0.222. The van der Waals surface area contributed by atoms with E-state index in [1.807, 2.05) is 0 Å². The van der Waals surface area contributed by atoms with Gasteiger partial charge in [-0.15, -0.1) is 0 Å². The Morgan fingerprint density at radius 1 is 1.04 bits per heavy atom. The van der Waals surface area contributed by atoms with Crippen molar-refractivity contribution in [3.05, 3.63) is 71.9 Å². The van der Waals surface area contributed by atoms with E-state index >= 15 is 0 Å². The zero-order valence-corrected chi connectivity index (χ0v) is 14.6. The largest absolute Gasteiger partial charge is 0.516 e. The van der Waals surface area contributed by atoms with E-state index in [9.17, 15) is 21.6 Å². The van der Waals surface area contributed by atoms with Gasteiger partial charge in [0.25, 0.3) is 0 Å². The van der Waals surface area contributed by atoms with Gasteiger partial charge in [-0.3, -0.25) is 4.31 Å². The lowest BCUT2D eigenvalue weighted by atomic mass is 9.98. The summed E-state index contributed by atoms with van der Waals surface area (Å²) >= 11 is 0. The van der Waals surface area contributed by atoms with E-state index in [2.05, 4.69) is 0 Å². The molecular weight excluding hydrogens is 367 g/mol. The van der Waals surface area contributed by atoms with Gasteiger partial charge in [-0.2, -0.15) is 21.6 Å². The molecule has 1 heterocycles. The summed E-state index contributed by atoms with van der Waals surface area (Å²) in [6.45, 7) is 0. The molecule has 0 saturated heterocycles. The Balaban J connectivity index is 2.12. The van der Waals surface area contributed by atoms with Crippen molar-refractivity contribution in [3.8, 4) is 5.75 Å². The zero-order chi connectivity index (χ0) is 18.9. The number of hydrogen-bond donors (Lipinski definition) is 0. The average Bonchev–Trinajstić information content (AvgIpc) is 3.07. The molecule has 0 saturated carbocycles. The topological polar surface area (TPSA) is 46.6 Å². The summed E-state index contributed by atoms with van der Waals surface area (Å²) in [4.78, 5) is 0. The summed E-state index contributed by atoms with van der Waals surface area (Å²) in [5, 5.41) is 0. The minimum atomic E-state index is -5.54. The third-order valence-corrected chi connectivity index (χ3v) is 5.72. The molecule has 0 N–H and O–H groups in total. The maximum absolute atomic E-state index is 13.2. The molecule has 0 bridgehead atoms. The highest BCUT2D eigenvalue weighted by molar-refractivity contribution is 7.90. The monoisotopic (exact) mass is 383 g/mol. The number of rotatable bonds is 4. The number of ether oxygens (including phenoxy) is 1. The second kappa shape index (κ2) is 6.68. The number of methoxy groups -OCH3 is 1. The van der Waals surface area contributed by atoms with Crippen LogP contribution < -0.4 is 4.74 Å². The van der Waals surface area contributed by atoms with Gasteiger partial charge in [-0.1, -0.05) is 48.5 Å². The number of halogens is 3. The fourth-order valence-corrected chi connectivity index (χ4v) is 4.01. The highest BCUT2D eigenvalue weighted by atomic mass is 32.2. The van der Waals surface area contributed by atoms with Crippen molar-refractivity contribution >= 4 is 15.6 Å². The quantitative estimate of drug-likeness (QED) is 0.789. The number of para-hydroxylation sites is 1. The molecule has 0 aromatic heterocycles. The van der Waals surface area contributed by atoms with Gasteiger partial charge in [0.1, 0.15) is 5.75 Å². The van der Waals surface area contributed by atoms with Crippen LogP contribution in [-0.4, -0.2) is 25.3 Å². The van der Waals surface area contributed by atoms with Crippen LogP contribution in [0, 0.1) is 0 Å². The van der Waals surface area contributed by atoms with E-state index in [1.54, 1.807) is 54.6 Å². The summed E-state index contributed by atoms with van der Waals surface area (Å²) in [7, 11) is -4.15. The third kappa shape index (κ3) is 3.16. The molecule has 26 heavy (non-hydrogen) atoms. The Hall–Kier alpha value is -2.48. The molecule has 2 aromatic rings. The number of nitrogens with zero attached hydrogens (tertiary/aromatic N) is 1. The second-order valence-electron chi connectivity index (χ2n) is 5.76. The van der Waals surface area contributed by atoms with Crippen molar-refractivity contribution in [3.63, 3.8) is 0 Å². The molecule has 0 unspecified atom stereocenters. The first-order valence-electron chi connectivity index (χ1n) is 7.74. The van der Waals surface area contributed by atoms with Crippen molar-refractivity contribution in [2.24, 2.45) is 0 Å². The molecule has 1 atom stereocenters. The Labute approximate surface area is 149 Å². The lowest BCUT2D eigenvalue weighted by molar-refractivity contribution is -0.0484. The Kier molecular flexibility index (Phi) is 4.70. The summed E-state index contributed by atoms with van der Waals surface area (Å²) in [5.74, 6) is 0.336. The predicted molar refractivity (Wildman–Crippen MR) is 91.6 cm³/mol. The first-order chi connectivity index (χ1) is 12.3. The van der Waals surface area contributed by atoms with E-state index in [0.29, 0.717) is 26.8 Å². The summed E-state index contributed by atoms with van der Waals surface area (Å²) in [5.41, 5.74) is -3.83. The molecule has 0 radical (unpaired) electrons. The SMILES string of the molecule is COc1ccccc1[C@H]1CC(c2ccccc2)=CN1S(=O)(=O)C(F)(F)F. The van der Waals surface area contributed by atoms with E-state index < -0.39 is 21.6 Å². The standard InChI is InChI=1S/C18H16F3NO3S/c1-25-17-10-6-5-9-15(17)16-11-14(13-7-3-2-4-8-13)12-22(16)26(23,24)18(19,20)21/h2-10,12,16H,11H2,1H3/t16-/m1/s1. The molecule has 0 spiro atoms. The molecule has 1 aliphatic rings. The van der Waals surface area contributed by atoms with Gasteiger partial charge in [0.15, 0.2) is 0 Å². The molecule has 2 aromatic carbocycles. The lowest BCUT2D eigenvalue weighted by Crippen LogP contribution is -2.38. The van der Waals surface area contributed by atoms with Gasteiger partial charge in [-0.25, -0.2) is 0 Å². The van der Waals surface area contributed by atoms with Crippen LogP contribution in [0.15, 0.2) is 60.8 Å². The van der Waals surface area contributed by atoms with E-state index in [4.69, 9.17) is 4.74 Å². The molecule has 8 heteroatoms. The molecule has 0 fully saturated rings. The fourth-order valence-electron chi connectivity index (χ4n) is 2.98. The minimum absolute atomic E-state index is 0.111. The van der Waals surface area contributed by atoms with Crippen LogP contribution in [0.5, 0.6) is 5.75 Å². The van der Waals surface area contributed by atoms with E-state index in [0.717, 1.165) is 6.20 Å². The van der Waals surface area contributed by atoms with Crippen LogP contribution >= 0.6 is 0 Å². The van der Waals surface area contributed by atoms with Crippen molar-refractivity contribution in [2.45, 2.75) is 18.0 Å². The van der Waals surface area contributed by atoms with Crippen LogP contribution in [0.4, 0.5) is 13.2 Å². The molecule has 0 amide bonds. The number of sulfonamides is 1. The van der Waals surface area contributed by atoms with Gasteiger partial charge >= 0.3 is 15.5 Å². The second-order valence-corrected chi connectivity index (χ2v) is 7.60. The predicted octanol–water partition coefficient (Wildman–Crippen LogP) is 4.33. The lowest BCUT2D eigenvalue weighted by Gasteiger charge is -2.27. The van der Waals surface area contributed by atoms with Crippen LogP contribution in [0.1, 0.15) is 23.6 Å². The third-order valence-electron chi connectivity index (χ3n) is 4.22. The summed E-state index contributed by atoms with van der Waals surface area (Å²) in [6.07, 6.45) is 1.18. The zero-order valence-electron chi connectivity index (χ0n) is 13.8. The van der Waals surface area contributed by atoms with Crippen LogP contribution in [0.2, 0.25) is 0 Å². The molecule has 4 nitrogen and oxygen atoms in total. The highest BCUT2D eigenvalue weighted by Crippen LogP contribution is 2.46. The Morgan fingerprint density at radius 2 is 1.65 bits per heavy atom. The van der Waals surface area contributed by atoms with Crippen molar-refractivity contribution < 1.29 is 26.3 Å². The minimum Gasteiger partial charge on any atom is -0.496 e. The first-order valence-corrected chi connectivity index (χ1v) is 9.18. The molecule has 138 valence electrons. The van der Waals surface area contributed by atoms with Crippen LogP contribution in [0.3, 0.4) is 0 Å². The first kappa shape index (κ1) is 18.3. The molecular formula is C18H16F3NO3S. The van der Waals surface area contributed by atoms with Gasteiger partial charge in [-0.05, 0) is 17.2 Å². The summed E-state index contributed by atoms with van der Waals surface area (Å²) in [6, 6.07) is 14.2. The van der Waals surface area contributed by atoms with Gasteiger partial charge in [0, 0.05) is 18.2 Å². The number of hydrogen-bond acceptors (Lipinski definition) is 3. The van der Waals surface area contributed by atoms with Gasteiger partial charge in [0.2, 0.25) is 0 Å². The van der Waals surface area contributed by atoms with Crippen molar-refractivity contribution in [1.82, 2.24) is 4.31 Å². The number of alkyl halides is 3. The smallest absolute Gasteiger partial charge is 0.496 e. The van der Waals surface area contributed by atoms with Crippen molar-refractivity contribution in [1.29, 1.82) is 0 Å². The van der Waals surface area contributed by atoms with E-state index in [-0.39, 0.29) is 6.42 Å². The van der Waals surface area contributed by atoms with Crippen LogP contribution in [0.25, 0.3) is 5.57 Å². The van der Waals surface area contributed by atoms with Gasteiger partial charge in [0.05, 0.1) is 13.2 Å². The van der Waals surface area contributed by atoms with Crippen molar-refractivity contribution in [2.75, 3.05) is 7.11 Å². The molecule has 1 aliphatic heterocycles. The maximum atomic E-state index is 13.2. The number of benzene rings is 2. The molecule has 3 rings (SSSR count). The highest BCUT2D eigenvalue weighted by Gasteiger charge is 2.53. The van der Waals surface area contributed by atoms with E-state index in [1.165, 1.54) is 7.11 Å². The van der Waals surface area contributed by atoms with Gasteiger partial charge < -0.3 is 4.74 Å².